The SMILES string of the molecule is COc1ccc([C@H](CC(=O)O)NC(=O)c2ccc(Cl)c(Cl)c2)cc1OC. The van der Waals surface area contributed by atoms with Gasteiger partial charge in [-0.3, -0.25) is 9.59 Å². The number of carboxylic acid groups (broad SMARTS) is 1. The summed E-state index contributed by atoms with van der Waals surface area (Å²) < 4.78 is 10.4. The fraction of sp³-hybridized carbons (Fsp3) is 0.222. The predicted octanol–water partition coefficient (Wildman–Crippen LogP) is 3.96. The van der Waals surface area contributed by atoms with Gasteiger partial charge in [0.15, 0.2) is 11.5 Å². The van der Waals surface area contributed by atoms with E-state index in [0.29, 0.717) is 22.1 Å². The van der Waals surface area contributed by atoms with Gasteiger partial charge in [-0.05, 0) is 35.9 Å². The van der Waals surface area contributed by atoms with Gasteiger partial charge in [0, 0.05) is 5.56 Å². The number of hydrogen-bond donors (Lipinski definition) is 2. The molecule has 2 aromatic carbocycles. The maximum atomic E-state index is 12.5. The molecule has 26 heavy (non-hydrogen) atoms. The lowest BCUT2D eigenvalue weighted by molar-refractivity contribution is -0.137. The van der Waals surface area contributed by atoms with Crippen LogP contribution in [0.15, 0.2) is 36.4 Å². The van der Waals surface area contributed by atoms with Crippen LogP contribution in [-0.4, -0.2) is 31.2 Å². The molecule has 0 saturated heterocycles. The average Bonchev–Trinajstić information content (AvgIpc) is 2.62. The predicted molar refractivity (Wildman–Crippen MR) is 98.5 cm³/mol. The number of carbonyl (C=O) groups excluding carboxylic acids is 1. The van der Waals surface area contributed by atoms with Crippen LogP contribution in [-0.2, 0) is 4.79 Å². The normalized spacial score (nSPS) is 11.5. The first-order valence-corrected chi connectivity index (χ1v) is 8.31. The quantitative estimate of drug-likeness (QED) is 0.738. The summed E-state index contributed by atoms with van der Waals surface area (Å²) in [6.07, 6.45) is -0.303. The van der Waals surface area contributed by atoms with E-state index in [1.165, 1.54) is 32.4 Å². The van der Waals surface area contributed by atoms with Crippen LogP contribution in [0.2, 0.25) is 10.0 Å². The molecule has 0 saturated carbocycles. The highest BCUT2D eigenvalue weighted by Crippen LogP contribution is 2.31. The van der Waals surface area contributed by atoms with Gasteiger partial charge >= 0.3 is 5.97 Å². The smallest absolute Gasteiger partial charge is 0.305 e. The van der Waals surface area contributed by atoms with E-state index in [1.807, 2.05) is 0 Å². The molecule has 2 rings (SSSR count). The molecule has 0 aliphatic heterocycles. The Labute approximate surface area is 160 Å². The van der Waals surface area contributed by atoms with Crippen molar-refractivity contribution < 1.29 is 24.2 Å². The second-order valence-corrected chi connectivity index (χ2v) is 6.18. The summed E-state index contributed by atoms with van der Waals surface area (Å²) in [6, 6.07) is 8.61. The number of halogens is 2. The molecule has 8 heteroatoms. The van der Waals surface area contributed by atoms with E-state index in [2.05, 4.69) is 5.32 Å². The number of nitrogens with one attached hydrogen (secondary N) is 1. The standard InChI is InChI=1S/C18H17Cl2NO5/c1-25-15-6-4-10(8-16(15)26-2)14(9-17(22)23)21-18(24)11-3-5-12(19)13(20)7-11/h3-8,14H,9H2,1-2H3,(H,21,24)(H,22,23)/t14-/m0/s1. The zero-order chi connectivity index (χ0) is 19.3. The van der Waals surface area contributed by atoms with Gasteiger partial charge in [0.25, 0.3) is 5.91 Å². The van der Waals surface area contributed by atoms with Crippen molar-refractivity contribution in [1.82, 2.24) is 5.32 Å². The maximum Gasteiger partial charge on any atom is 0.305 e. The van der Waals surface area contributed by atoms with Crippen molar-refractivity contribution in [2.45, 2.75) is 12.5 Å². The molecule has 138 valence electrons. The van der Waals surface area contributed by atoms with Crippen molar-refractivity contribution in [3.8, 4) is 11.5 Å². The molecule has 0 spiro atoms. The Kier molecular flexibility index (Phi) is 6.71. The molecule has 0 unspecified atom stereocenters. The van der Waals surface area contributed by atoms with E-state index >= 15 is 0 Å². The minimum atomic E-state index is -1.06. The highest BCUT2D eigenvalue weighted by atomic mass is 35.5. The number of aliphatic carboxylic acids is 1. The summed E-state index contributed by atoms with van der Waals surface area (Å²) in [5, 5.41) is 12.4. The fourth-order valence-electron chi connectivity index (χ4n) is 2.38. The van der Waals surface area contributed by atoms with E-state index in [4.69, 9.17) is 32.7 Å². The van der Waals surface area contributed by atoms with Crippen molar-refractivity contribution in [3.63, 3.8) is 0 Å². The number of carboxylic acids is 1. The van der Waals surface area contributed by atoms with Crippen molar-refractivity contribution >= 4 is 35.1 Å². The lowest BCUT2D eigenvalue weighted by Crippen LogP contribution is -2.30. The first kappa shape index (κ1) is 19.9. The Bertz CT molecular complexity index is 825. The zero-order valence-electron chi connectivity index (χ0n) is 14.1. The molecular formula is C18H17Cl2NO5. The highest BCUT2D eigenvalue weighted by Gasteiger charge is 2.21. The number of ether oxygens (including phenoxy) is 2. The van der Waals surface area contributed by atoms with Crippen LogP contribution in [0, 0.1) is 0 Å². The van der Waals surface area contributed by atoms with E-state index in [1.54, 1.807) is 18.2 Å². The van der Waals surface area contributed by atoms with Gasteiger partial charge in [-0.25, -0.2) is 0 Å². The van der Waals surface area contributed by atoms with E-state index in [9.17, 15) is 14.7 Å². The number of rotatable bonds is 7. The van der Waals surface area contributed by atoms with Crippen molar-refractivity contribution in [2.24, 2.45) is 0 Å². The molecule has 0 bridgehead atoms. The van der Waals surface area contributed by atoms with Crippen molar-refractivity contribution in [1.29, 1.82) is 0 Å². The Morgan fingerprint density at radius 1 is 1.04 bits per heavy atom. The fourth-order valence-corrected chi connectivity index (χ4v) is 2.67. The van der Waals surface area contributed by atoms with Gasteiger partial charge in [-0.1, -0.05) is 29.3 Å². The monoisotopic (exact) mass is 397 g/mol. The third-order valence-electron chi connectivity index (χ3n) is 3.68. The van der Waals surface area contributed by atoms with Gasteiger partial charge in [0.2, 0.25) is 0 Å². The highest BCUT2D eigenvalue weighted by molar-refractivity contribution is 6.42. The topological polar surface area (TPSA) is 84.9 Å². The molecule has 0 radical (unpaired) electrons. The van der Waals surface area contributed by atoms with Gasteiger partial charge < -0.3 is 19.9 Å². The summed E-state index contributed by atoms with van der Waals surface area (Å²) in [4.78, 5) is 23.7. The second-order valence-electron chi connectivity index (χ2n) is 5.37. The minimum Gasteiger partial charge on any atom is -0.493 e. The summed E-state index contributed by atoms with van der Waals surface area (Å²) >= 11 is 11.8. The van der Waals surface area contributed by atoms with Crippen LogP contribution in [0.25, 0.3) is 0 Å². The lowest BCUT2D eigenvalue weighted by atomic mass is 10.0. The van der Waals surface area contributed by atoms with Crippen LogP contribution in [0.5, 0.6) is 11.5 Å². The van der Waals surface area contributed by atoms with E-state index in [-0.39, 0.29) is 17.0 Å². The number of methoxy groups -OCH3 is 2. The molecule has 0 aliphatic carbocycles. The average molecular weight is 398 g/mol. The molecule has 0 aromatic heterocycles. The van der Waals surface area contributed by atoms with Crippen LogP contribution < -0.4 is 14.8 Å². The summed E-state index contributed by atoms with van der Waals surface area (Å²) in [6.45, 7) is 0. The van der Waals surface area contributed by atoms with Gasteiger partial charge in [0.1, 0.15) is 0 Å². The molecule has 2 N–H and O–H groups in total. The molecule has 0 fully saturated rings. The van der Waals surface area contributed by atoms with Crippen LogP contribution >= 0.6 is 23.2 Å². The molecular weight excluding hydrogens is 381 g/mol. The van der Waals surface area contributed by atoms with E-state index < -0.39 is 17.9 Å². The summed E-state index contributed by atoms with van der Waals surface area (Å²) in [5.74, 6) is -0.589. The third kappa shape index (κ3) is 4.80. The zero-order valence-corrected chi connectivity index (χ0v) is 15.6. The largest absolute Gasteiger partial charge is 0.493 e. The first-order chi connectivity index (χ1) is 12.3. The molecule has 1 amide bonds. The third-order valence-corrected chi connectivity index (χ3v) is 4.41. The van der Waals surface area contributed by atoms with Crippen LogP contribution in [0.4, 0.5) is 0 Å². The van der Waals surface area contributed by atoms with Crippen LogP contribution in [0.1, 0.15) is 28.4 Å². The summed E-state index contributed by atoms with van der Waals surface area (Å²) in [7, 11) is 2.97. The van der Waals surface area contributed by atoms with Crippen molar-refractivity contribution in [3.05, 3.63) is 57.6 Å². The molecule has 2 aromatic rings. The molecule has 6 nitrogen and oxygen atoms in total. The Hall–Kier alpha value is -2.44. The van der Waals surface area contributed by atoms with Gasteiger partial charge in [-0.2, -0.15) is 0 Å². The molecule has 1 atom stereocenters. The number of hydrogen-bond acceptors (Lipinski definition) is 4. The van der Waals surface area contributed by atoms with Gasteiger partial charge in [0.05, 0.1) is 36.7 Å². The molecule has 0 aliphatic rings. The lowest BCUT2D eigenvalue weighted by Gasteiger charge is -2.19. The Morgan fingerprint density at radius 3 is 2.31 bits per heavy atom. The van der Waals surface area contributed by atoms with Gasteiger partial charge in [-0.15, -0.1) is 0 Å². The van der Waals surface area contributed by atoms with Crippen LogP contribution in [0.3, 0.4) is 0 Å². The van der Waals surface area contributed by atoms with E-state index in [0.717, 1.165) is 0 Å². The maximum absolute atomic E-state index is 12.5. The second kappa shape index (κ2) is 8.78. The minimum absolute atomic E-state index is 0.236. The van der Waals surface area contributed by atoms with Crippen molar-refractivity contribution in [2.75, 3.05) is 14.2 Å². The Balaban J connectivity index is 2.31. The Morgan fingerprint density at radius 2 is 1.73 bits per heavy atom. The first-order valence-electron chi connectivity index (χ1n) is 7.55. The number of amides is 1. The number of carbonyl (C=O) groups is 2. The molecule has 0 heterocycles. The number of benzene rings is 2. The summed E-state index contributed by atoms with van der Waals surface area (Å²) in [5.41, 5.74) is 0.841.